The van der Waals surface area contributed by atoms with Crippen LogP contribution in [0, 0.1) is 27.7 Å². The molecule has 180 valence electrons. The third kappa shape index (κ3) is 6.18. The van der Waals surface area contributed by atoms with Crippen LogP contribution in [0.15, 0.2) is 107 Å². The maximum Gasteiger partial charge on any atom is 0.0642 e. The van der Waals surface area contributed by atoms with Crippen molar-refractivity contribution in [2.45, 2.75) is 33.6 Å². The molecule has 35 heavy (non-hydrogen) atoms. The minimum atomic E-state index is 0. The fourth-order valence-corrected chi connectivity index (χ4v) is 4.29. The van der Waals surface area contributed by atoms with Crippen molar-refractivity contribution in [3.05, 3.63) is 137 Å². The summed E-state index contributed by atoms with van der Waals surface area (Å²) in [6.45, 7) is 12.6. The van der Waals surface area contributed by atoms with Gasteiger partial charge in [0, 0.05) is 28.1 Å². The van der Waals surface area contributed by atoms with Crippen molar-refractivity contribution in [3.8, 4) is 0 Å². The van der Waals surface area contributed by atoms with Gasteiger partial charge in [-0.15, -0.1) is 0 Å². The largest absolute Gasteiger partial charge is 0.346 e. The predicted molar refractivity (Wildman–Crippen MR) is 146 cm³/mol. The Morgan fingerprint density at radius 1 is 0.686 bits per heavy atom. The van der Waals surface area contributed by atoms with Crippen LogP contribution < -0.4 is 0 Å². The summed E-state index contributed by atoms with van der Waals surface area (Å²) in [4.78, 5) is 9.89. The van der Waals surface area contributed by atoms with E-state index in [0.717, 1.165) is 28.2 Å². The van der Waals surface area contributed by atoms with Gasteiger partial charge in [-0.3, -0.25) is 4.99 Å². The van der Waals surface area contributed by atoms with Crippen LogP contribution in [-0.4, -0.2) is 11.4 Å². The van der Waals surface area contributed by atoms with E-state index in [0.29, 0.717) is 5.71 Å². The van der Waals surface area contributed by atoms with Crippen LogP contribution in [0.2, 0.25) is 0 Å². The van der Waals surface area contributed by atoms with Gasteiger partial charge in [-0.1, -0.05) is 115 Å². The van der Waals surface area contributed by atoms with E-state index in [1.54, 1.807) is 0 Å². The summed E-state index contributed by atoms with van der Waals surface area (Å²) in [7, 11) is 0. The van der Waals surface area contributed by atoms with Gasteiger partial charge >= 0.3 is 0 Å². The molecule has 4 aromatic carbocycles. The van der Waals surface area contributed by atoms with Crippen LogP contribution >= 0.6 is 0 Å². The van der Waals surface area contributed by atoms with Crippen LogP contribution in [0.25, 0.3) is 0 Å². The average Bonchev–Trinajstić information content (AvgIpc) is 2.84. The van der Waals surface area contributed by atoms with E-state index in [9.17, 15) is 0 Å². The maximum atomic E-state index is 5.00. The number of aliphatic imine (C=N–C) groups is 2. The first-order valence-corrected chi connectivity index (χ1v) is 11.7. The smallest absolute Gasteiger partial charge is 0.0642 e. The van der Waals surface area contributed by atoms with Crippen LogP contribution in [0.3, 0.4) is 0 Å². The van der Waals surface area contributed by atoms with Gasteiger partial charge in [0.2, 0.25) is 0 Å². The van der Waals surface area contributed by atoms with Gasteiger partial charge in [-0.05, 0) is 54.7 Å². The van der Waals surface area contributed by atoms with E-state index in [-0.39, 0.29) is 22.4 Å². The second-order valence-electron chi connectivity index (χ2n) is 8.81. The standard InChI is InChI=1S/C32H31N2.Ni/c1-22-19-20-30(33-25(4)26(5)34-32-23(2)13-12-14-24(32)3)29(21-22)31(27-15-8-6-9-16-27)28-17-10-7-11-18-28;/h6-21,31H,4H2,1-3,5H3;/q-1;. The monoisotopic (exact) mass is 501 g/mol. The number of benzene rings is 4. The van der Waals surface area contributed by atoms with Gasteiger partial charge in [0.05, 0.1) is 5.69 Å². The van der Waals surface area contributed by atoms with Gasteiger partial charge < -0.3 is 4.99 Å². The van der Waals surface area contributed by atoms with E-state index in [4.69, 9.17) is 9.98 Å². The molecular formula is C32H31N2Ni-. The third-order valence-electron chi connectivity index (χ3n) is 6.15. The first kappa shape index (κ1) is 26.2. The van der Waals surface area contributed by atoms with E-state index in [1.165, 1.54) is 22.3 Å². The minimum absolute atomic E-state index is 0. The van der Waals surface area contributed by atoms with Gasteiger partial charge in [0.25, 0.3) is 0 Å². The van der Waals surface area contributed by atoms with Crippen molar-refractivity contribution >= 4 is 22.8 Å². The second-order valence-corrected chi connectivity index (χ2v) is 8.81. The predicted octanol–water partition coefficient (Wildman–Crippen LogP) is 8.49. The minimum Gasteiger partial charge on any atom is -0.346 e. The zero-order valence-electron chi connectivity index (χ0n) is 20.7. The molecule has 0 saturated carbocycles. The molecule has 4 rings (SSSR count). The summed E-state index contributed by atoms with van der Waals surface area (Å²) in [5.74, 6) is 0.0738. The molecule has 2 nitrogen and oxygen atoms in total. The fraction of sp³-hybridized carbons (Fsp3) is 0.156. The summed E-state index contributed by atoms with van der Waals surface area (Å²) in [5.41, 5.74) is 10.6. The summed E-state index contributed by atoms with van der Waals surface area (Å²) in [5, 5.41) is 0. The molecule has 0 saturated heterocycles. The van der Waals surface area contributed by atoms with Crippen LogP contribution in [0.4, 0.5) is 11.4 Å². The molecule has 0 spiro atoms. The quantitative estimate of drug-likeness (QED) is 0.109. The molecule has 0 aliphatic heterocycles. The number of nitrogens with zero attached hydrogens (tertiary/aromatic N) is 2. The Bertz CT molecular complexity index is 1280. The number of hydrogen-bond donors (Lipinski definition) is 0. The van der Waals surface area contributed by atoms with Crippen molar-refractivity contribution < 1.29 is 16.5 Å². The Balaban J connectivity index is 0.00000342. The van der Waals surface area contributed by atoms with Crippen molar-refractivity contribution in [1.82, 2.24) is 0 Å². The normalized spacial score (nSPS) is 11.9. The van der Waals surface area contributed by atoms with Crippen molar-refractivity contribution in [3.63, 3.8) is 0 Å². The Morgan fingerprint density at radius 3 is 1.77 bits per heavy atom. The molecule has 4 aromatic rings. The van der Waals surface area contributed by atoms with E-state index in [2.05, 4.69) is 125 Å². The molecule has 0 radical (unpaired) electrons. The van der Waals surface area contributed by atoms with Crippen molar-refractivity contribution in [2.24, 2.45) is 9.98 Å². The van der Waals surface area contributed by atoms with Crippen LogP contribution in [0.5, 0.6) is 0 Å². The van der Waals surface area contributed by atoms with Gasteiger partial charge in [0.15, 0.2) is 0 Å². The Hall–Kier alpha value is -3.42. The molecular weight excluding hydrogens is 471 g/mol. The molecule has 0 amide bonds. The number of para-hydroxylation sites is 1. The van der Waals surface area contributed by atoms with Gasteiger partial charge in [0.1, 0.15) is 0 Å². The molecule has 3 heteroatoms. The Labute approximate surface area is 219 Å². The molecule has 0 atom stereocenters. The van der Waals surface area contributed by atoms with E-state index < -0.39 is 0 Å². The average molecular weight is 502 g/mol. The van der Waals surface area contributed by atoms with Crippen molar-refractivity contribution in [1.29, 1.82) is 0 Å². The van der Waals surface area contributed by atoms with Crippen LogP contribution in [0.1, 0.15) is 46.2 Å². The van der Waals surface area contributed by atoms with E-state index >= 15 is 0 Å². The Morgan fingerprint density at radius 2 is 1.23 bits per heavy atom. The van der Waals surface area contributed by atoms with Gasteiger partial charge in [-0.25, -0.2) is 6.92 Å². The van der Waals surface area contributed by atoms with Crippen molar-refractivity contribution in [2.75, 3.05) is 0 Å². The maximum absolute atomic E-state index is 5.00. The summed E-state index contributed by atoms with van der Waals surface area (Å²) in [6.07, 6.45) is 0. The number of hydrogen-bond acceptors (Lipinski definition) is 2. The zero-order chi connectivity index (χ0) is 24.1. The third-order valence-corrected chi connectivity index (χ3v) is 6.15. The Kier molecular flexibility index (Phi) is 8.85. The molecule has 0 fully saturated rings. The number of rotatable bonds is 6. The molecule has 0 aliphatic rings. The molecule has 0 aliphatic carbocycles. The fourth-order valence-electron chi connectivity index (χ4n) is 4.29. The number of aryl methyl sites for hydroxylation is 3. The SMILES string of the molecule is [CH2-]C(=Nc1ccc(C)cc1C(c1ccccc1)c1ccccc1)C(C)=Nc1c(C)cccc1C.[Ni]. The first-order valence-electron chi connectivity index (χ1n) is 11.7. The van der Waals surface area contributed by atoms with Gasteiger partial charge in [-0.2, -0.15) is 0 Å². The summed E-state index contributed by atoms with van der Waals surface area (Å²) < 4.78 is 0. The topological polar surface area (TPSA) is 24.7 Å². The zero-order valence-corrected chi connectivity index (χ0v) is 21.7. The summed E-state index contributed by atoms with van der Waals surface area (Å²) in [6, 6.07) is 33.9. The molecule has 0 N–H and O–H groups in total. The molecule has 0 unspecified atom stereocenters. The molecule has 0 heterocycles. The molecule has 0 aromatic heterocycles. The summed E-state index contributed by atoms with van der Waals surface area (Å²) >= 11 is 0. The second kappa shape index (κ2) is 11.8. The van der Waals surface area contributed by atoms with E-state index in [1.807, 2.05) is 6.92 Å². The molecule has 0 bridgehead atoms. The first-order chi connectivity index (χ1) is 16.4. The van der Waals surface area contributed by atoms with Crippen LogP contribution in [-0.2, 0) is 16.5 Å².